The van der Waals surface area contributed by atoms with Gasteiger partial charge >= 0.3 is 0 Å². The van der Waals surface area contributed by atoms with Crippen molar-refractivity contribution in [2.24, 2.45) is 0 Å². The standard InChI is InChI=1S/C11H13NO3/c13-12-4-3-8-5-9(1-2-11(8)12)14-6-10-7-15-10/h1-2,5,10,12H,3-4,6-7H2. The lowest BCUT2D eigenvalue weighted by atomic mass is 10.1. The Hall–Kier alpha value is -1.10. The van der Waals surface area contributed by atoms with Crippen molar-refractivity contribution in [2.75, 3.05) is 19.8 Å². The van der Waals surface area contributed by atoms with Gasteiger partial charge in [-0.05, 0) is 12.1 Å². The first-order valence-electron chi connectivity index (χ1n) is 5.23. The zero-order valence-electron chi connectivity index (χ0n) is 8.36. The normalized spacial score (nSPS) is 27.5. The Morgan fingerprint density at radius 3 is 3.20 bits per heavy atom. The van der Waals surface area contributed by atoms with Crippen molar-refractivity contribution >= 4 is 5.69 Å². The van der Waals surface area contributed by atoms with Gasteiger partial charge in [0.15, 0.2) is 0 Å². The lowest BCUT2D eigenvalue weighted by molar-refractivity contribution is -0.768. The second-order valence-corrected chi connectivity index (χ2v) is 4.01. The van der Waals surface area contributed by atoms with Crippen molar-refractivity contribution in [1.29, 1.82) is 0 Å². The topological polar surface area (TPSA) is 49.3 Å². The van der Waals surface area contributed by atoms with Crippen LogP contribution < -0.4 is 9.80 Å². The summed E-state index contributed by atoms with van der Waals surface area (Å²) in [6.45, 7) is 2.07. The number of hydrogen-bond acceptors (Lipinski definition) is 3. The van der Waals surface area contributed by atoms with Crippen LogP contribution in [0.2, 0.25) is 0 Å². The third kappa shape index (κ3) is 1.84. The molecule has 0 bridgehead atoms. The lowest BCUT2D eigenvalue weighted by Crippen LogP contribution is -3.00. The molecule has 1 saturated heterocycles. The van der Waals surface area contributed by atoms with Gasteiger partial charge in [0.25, 0.3) is 0 Å². The van der Waals surface area contributed by atoms with Crippen molar-refractivity contribution in [2.45, 2.75) is 12.5 Å². The fraction of sp³-hybridized carbons (Fsp3) is 0.455. The molecular weight excluding hydrogens is 194 g/mol. The van der Waals surface area contributed by atoms with Gasteiger partial charge in [0.2, 0.25) is 0 Å². The van der Waals surface area contributed by atoms with Crippen LogP contribution in [0, 0.1) is 5.21 Å². The summed E-state index contributed by atoms with van der Waals surface area (Å²) >= 11 is 0. The molecule has 4 heteroatoms. The maximum absolute atomic E-state index is 11.4. The first-order chi connectivity index (χ1) is 7.33. The zero-order valence-corrected chi connectivity index (χ0v) is 8.36. The van der Waals surface area contributed by atoms with E-state index >= 15 is 0 Å². The number of nitrogens with one attached hydrogen (secondary N) is 1. The van der Waals surface area contributed by atoms with Crippen LogP contribution in [0.3, 0.4) is 0 Å². The molecule has 0 radical (unpaired) electrons. The molecule has 2 unspecified atom stereocenters. The van der Waals surface area contributed by atoms with Gasteiger partial charge in [0.05, 0.1) is 13.2 Å². The summed E-state index contributed by atoms with van der Waals surface area (Å²) < 4.78 is 10.6. The predicted octanol–water partition coefficient (Wildman–Crippen LogP) is 0.0345. The molecule has 0 spiro atoms. The molecule has 15 heavy (non-hydrogen) atoms. The third-order valence-electron chi connectivity index (χ3n) is 2.84. The van der Waals surface area contributed by atoms with Gasteiger partial charge in [0, 0.05) is 18.1 Å². The quantitative estimate of drug-likeness (QED) is 0.562. The van der Waals surface area contributed by atoms with Crippen LogP contribution in [0.5, 0.6) is 5.75 Å². The van der Waals surface area contributed by atoms with E-state index in [1.54, 1.807) is 0 Å². The van der Waals surface area contributed by atoms with E-state index in [9.17, 15) is 5.21 Å². The fourth-order valence-electron chi connectivity index (χ4n) is 1.88. The Morgan fingerprint density at radius 2 is 2.40 bits per heavy atom. The molecule has 80 valence electrons. The van der Waals surface area contributed by atoms with Gasteiger partial charge in [-0.25, -0.2) is 0 Å². The summed E-state index contributed by atoms with van der Waals surface area (Å²) in [5, 5.41) is 11.6. The molecule has 4 nitrogen and oxygen atoms in total. The minimum atomic E-state index is 0.252. The summed E-state index contributed by atoms with van der Waals surface area (Å²) in [5.41, 5.74) is 1.99. The van der Waals surface area contributed by atoms with E-state index < -0.39 is 0 Å². The average molecular weight is 207 g/mol. The molecule has 0 amide bonds. The zero-order chi connectivity index (χ0) is 10.3. The Kier molecular flexibility index (Phi) is 2.12. The van der Waals surface area contributed by atoms with Crippen molar-refractivity contribution in [1.82, 2.24) is 0 Å². The number of hydroxylamine groups is 1. The van der Waals surface area contributed by atoms with Crippen LogP contribution in [-0.4, -0.2) is 25.9 Å². The van der Waals surface area contributed by atoms with E-state index in [1.165, 1.54) is 0 Å². The van der Waals surface area contributed by atoms with Crippen LogP contribution in [-0.2, 0) is 11.2 Å². The van der Waals surface area contributed by atoms with Crippen molar-refractivity contribution in [3.63, 3.8) is 0 Å². The molecular formula is C11H13NO3. The molecule has 2 atom stereocenters. The van der Waals surface area contributed by atoms with Crippen LogP contribution in [0.25, 0.3) is 0 Å². The van der Waals surface area contributed by atoms with E-state index in [0.717, 1.165) is 30.0 Å². The summed E-state index contributed by atoms with van der Waals surface area (Å²) in [6.07, 6.45) is 1.13. The number of rotatable bonds is 3. The fourth-order valence-corrected chi connectivity index (χ4v) is 1.88. The van der Waals surface area contributed by atoms with Crippen LogP contribution in [0.15, 0.2) is 18.2 Å². The summed E-state index contributed by atoms with van der Waals surface area (Å²) in [7, 11) is 0. The highest BCUT2D eigenvalue weighted by Gasteiger charge is 2.24. The Morgan fingerprint density at radius 1 is 1.53 bits per heavy atom. The van der Waals surface area contributed by atoms with Gasteiger partial charge in [-0.3, -0.25) is 0 Å². The molecule has 3 rings (SSSR count). The molecule has 1 aromatic rings. The van der Waals surface area contributed by atoms with Crippen LogP contribution in [0.4, 0.5) is 5.69 Å². The predicted molar refractivity (Wildman–Crippen MR) is 54.2 cm³/mol. The van der Waals surface area contributed by atoms with Gasteiger partial charge in [-0.2, -0.15) is 0 Å². The number of hydrogen-bond donors (Lipinski definition) is 1. The summed E-state index contributed by atoms with van der Waals surface area (Å²) in [6, 6.07) is 5.71. The minimum Gasteiger partial charge on any atom is -0.629 e. The number of quaternary nitrogens is 1. The SMILES string of the molecule is [O-][NH+]1CCc2cc(OCC3CO3)ccc21. The Labute approximate surface area is 88.0 Å². The molecule has 2 aliphatic rings. The Bertz CT molecular complexity index is 376. The number of ether oxygens (including phenoxy) is 2. The van der Waals surface area contributed by atoms with E-state index in [0.29, 0.717) is 13.2 Å². The van der Waals surface area contributed by atoms with Crippen LogP contribution >= 0.6 is 0 Å². The maximum Gasteiger partial charge on any atom is 0.134 e. The maximum atomic E-state index is 11.4. The van der Waals surface area contributed by atoms with Gasteiger partial charge in [-0.15, -0.1) is 0 Å². The average Bonchev–Trinajstić information content (AvgIpc) is 3.01. The van der Waals surface area contributed by atoms with Crippen molar-refractivity contribution in [3.05, 3.63) is 29.0 Å². The molecule has 1 aromatic carbocycles. The molecule has 2 aliphatic heterocycles. The third-order valence-corrected chi connectivity index (χ3v) is 2.84. The van der Waals surface area contributed by atoms with E-state index in [4.69, 9.17) is 9.47 Å². The van der Waals surface area contributed by atoms with E-state index in [1.807, 2.05) is 18.2 Å². The largest absolute Gasteiger partial charge is 0.629 e. The smallest absolute Gasteiger partial charge is 0.134 e. The van der Waals surface area contributed by atoms with Crippen LogP contribution in [0.1, 0.15) is 5.56 Å². The molecule has 2 heterocycles. The van der Waals surface area contributed by atoms with Gasteiger partial charge in [-0.1, -0.05) is 0 Å². The van der Waals surface area contributed by atoms with Gasteiger partial charge < -0.3 is 19.7 Å². The second-order valence-electron chi connectivity index (χ2n) is 4.01. The molecule has 1 fully saturated rings. The Balaban J connectivity index is 1.73. The van der Waals surface area contributed by atoms with Crippen molar-refractivity contribution in [3.8, 4) is 5.75 Å². The molecule has 1 N–H and O–H groups in total. The molecule has 0 saturated carbocycles. The molecule has 0 aliphatic carbocycles. The number of epoxide rings is 1. The highest BCUT2D eigenvalue weighted by atomic mass is 16.6. The number of benzene rings is 1. The van der Waals surface area contributed by atoms with Gasteiger partial charge in [0.1, 0.15) is 24.1 Å². The first-order valence-corrected chi connectivity index (χ1v) is 5.23. The summed E-state index contributed by atoms with van der Waals surface area (Å²) in [4.78, 5) is 0. The van der Waals surface area contributed by atoms with E-state index in [-0.39, 0.29) is 11.2 Å². The van der Waals surface area contributed by atoms with Crippen molar-refractivity contribution < 1.29 is 14.5 Å². The highest BCUT2D eigenvalue weighted by Crippen LogP contribution is 2.23. The minimum absolute atomic E-state index is 0.252. The lowest BCUT2D eigenvalue weighted by Gasteiger charge is -2.15. The monoisotopic (exact) mass is 207 g/mol. The second kappa shape index (κ2) is 3.48. The van der Waals surface area contributed by atoms with E-state index in [2.05, 4.69) is 0 Å². The number of fused-ring (bicyclic) bond motifs is 1. The summed E-state index contributed by atoms with van der Waals surface area (Å²) in [5.74, 6) is 0.846. The molecule has 0 aromatic heterocycles. The first kappa shape index (κ1) is 9.15. The highest BCUT2D eigenvalue weighted by molar-refractivity contribution is 5.46.